The van der Waals surface area contributed by atoms with Crippen LogP contribution in [0.5, 0.6) is 11.5 Å². The lowest BCUT2D eigenvalue weighted by atomic mass is 10.0. The normalized spacial score (nSPS) is 11.0. The predicted octanol–water partition coefficient (Wildman–Crippen LogP) is 7.85. The molecule has 0 bridgehead atoms. The summed E-state index contributed by atoms with van der Waals surface area (Å²) in [6, 6.07) is 32.8. The number of hydrogen-bond acceptors (Lipinski definition) is 6. The predicted molar refractivity (Wildman–Crippen MR) is 156 cm³/mol. The number of methoxy groups -OCH3 is 1. The van der Waals surface area contributed by atoms with Gasteiger partial charge in [0.1, 0.15) is 18.1 Å². The summed E-state index contributed by atoms with van der Waals surface area (Å²) >= 11 is 6.39. The maximum Gasteiger partial charge on any atom is 0.573 e. The molecule has 0 aliphatic heterocycles. The standard InChI is InChI=1S/C14H13ClO.C10H13NO2.C7H6F3NO/c1-16-13-9-7-12(8-10-13)14(15)11-5-3-2-4-6-11;1-9(12)13-8-7-11-10-5-3-2-4-6-10;8-7(9,10)12-6-3-1-2-5(11)4-6/h2-10,14H,1H3;2-6,11H,7-8H2,1H3;1-4H,11H2. The first-order chi connectivity index (χ1) is 19.6. The highest BCUT2D eigenvalue weighted by Crippen LogP contribution is 2.29. The first kappa shape index (κ1) is 32.8. The van der Waals surface area contributed by atoms with Gasteiger partial charge < -0.3 is 25.3 Å². The lowest BCUT2D eigenvalue weighted by molar-refractivity contribution is -0.274. The molecular formula is C31H32ClF3N2O4. The van der Waals surface area contributed by atoms with Crippen LogP contribution in [-0.2, 0) is 9.53 Å². The van der Waals surface area contributed by atoms with Gasteiger partial charge in [0.2, 0.25) is 0 Å². The van der Waals surface area contributed by atoms with Crippen molar-refractivity contribution in [2.75, 3.05) is 31.3 Å². The molecule has 4 aromatic carbocycles. The van der Waals surface area contributed by atoms with Crippen molar-refractivity contribution in [3.8, 4) is 11.5 Å². The zero-order chi connectivity index (χ0) is 30.1. The molecule has 10 heteroatoms. The number of carbonyl (C=O) groups is 1. The van der Waals surface area contributed by atoms with Crippen LogP contribution in [-0.4, -0.2) is 32.6 Å². The van der Waals surface area contributed by atoms with E-state index < -0.39 is 6.36 Å². The highest BCUT2D eigenvalue weighted by atomic mass is 35.5. The molecule has 6 nitrogen and oxygen atoms in total. The zero-order valence-corrected chi connectivity index (χ0v) is 23.4. The number of nitrogen functional groups attached to an aromatic ring is 1. The molecule has 0 aliphatic rings. The number of hydrogen-bond donors (Lipinski definition) is 2. The zero-order valence-electron chi connectivity index (χ0n) is 22.6. The fourth-order valence-corrected chi connectivity index (χ4v) is 3.54. The monoisotopic (exact) mass is 588 g/mol. The Hall–Kier alpha value is -4.37. The Labute approximate surface area is 242 Å². The number of carbonyl (C=O) groups excluding carboxylic acids is 1. The Morgan fingerprint density at radius 2 is 1.44 bits per heavy atom. The van der Waals surface area contributed by atoms with E-state index in [1.807, 2.05) is 84.9 Å². The van der Waals surface area contributed by atoms with Gasteiger partial charge in [-0.3, -0.25) is 4.79 Å². The first-order valence-electron chi connectivity index (χ1n) is 12.4. The number of nitrogens with two attached hydrogens (primary N) is 1. The number of esters is 1. The van der Waals surface area contributed by atoms with E-state index in [0.717, 1.165) is 28.6 Å². The number of nitrogens with one attached hydrogen (secondary N) is 1. The van der Waals surface area contributed by atoms with Gasteiger partial charge in [-0.1, -0.05) is 66.7 Å². The second-order valence-electron chi connectivity index (χ2n) is 8.30. The van der Waals surface area contributed by atoms with E-state index in [4.69, 9.17) is 26.8 Å². The molecule has 0 radical (unpaired) electrons. The molecule has 0 amide bonds. The first-order valence-corrected chi connectivity index (χ1v) is 12.9. The molecule has 41 heavy (non-hydrogen) atoms. The number of para-hydroxylation sites is 1. The fraction of sp³-hybridized carbons (Fsp3) is 0.194. The van der Waals surface area contributed by atoms with Gasteiger partial charge in [-0.15, -0.1) is 24.8 Å². The van der Waals surface area contributed by atoms with E-state index in [1.54, 1.807) is 7.11 Å². The number of anilines is 2. The van der Waals surface area contributed by atoms with E-state index in [0.29, 0.717) is 13.2 Å². The minimum atomic E-state index is -4.66. The lowest BCUT2D eigenvalue weighted by Gasteiger charge is -2.10. The van der Waals surface area contributed by atoms with Crippen LogP contribution in [0.3, 0.4) is 0 Å². The van der Waals surface area contributed by atoms with Gasteiger partial charge in [-0.25, -0.2) is 0 Å². The molecule has 3 N–H and O–H groups in total. The molecular weight excluding hydrogens is 557 g/mol. The van der Waals surface area contributed by atoms with Crippen LogP contribution >= 0.6 is 11.6 Å². The van der Waals surface area contributed by atoms with Crippen molar-refractivity contribution in [1.82, 2.24) is 0 Å². The van der Waals surface area contributed by atoms with Gasteiger partial charge in [0.15, 0.2) is 0 Å². The van der Waals surface area contributed by atoms with Crippen molar-refractivity contribution in [2.24, 2.45) is 0 Å². The van der Waals surface area contributed by atoms with Crippen LogP contribution in [0.15, 0.2) is 109 Å². The van der Waals surface area contributed by atoms with Crippen molar-refractivity contribution in [1.29, 1.82) is 0 Å². The Morgan fingerprint density at radius 1 is 0.854 bits per heavy atom. The number of alkyl halides is 4. The minimum absolute atomic E-state index is 0.105. The number of ether oxygens (including phenoxy) is 3. The van der Waals surface area contributed by atoms with Gasteiger partial charge in [0, 0.05) is 30.9 Å². The van der Waals surface area contributed by atoms with Gasteiger partial charge >= 0.3 is 12.3 Å². The summed E-state index contributed by atoms with van der Waals surface area (Å²) in [5.74, 6) is 0.304. The van der Waals surface area contributed by atoms with Gasteiger partial charge in [-0.05, 0) is 47.5 Å². The van der Waals surface area contributed by atoms with Crippen molar-refractivity contribution in [3.05, 3.63) is 120 Å². The number of halogens is 4. The lowest BCUT2D eigenvalue weighted by Crippen LogP contribution is -2.17. The number of rotatable bonds is 8. The van der Waals surface area contributed by atoms with E-state index >= 15 is 0 Å². The molecule has 1 unspecified atom stereocenters. The largest absolute Gasteiger partial charge is 0.573 e. The van der Waals surface area contributed by atoms with Crippen LogP contribution < -0.4 is 20.5 Å². The SMILES string of the molecule is CC(=O)OCCNc1ccccc1.COc1ccc(C(Cl)c2ccccc2)cc1.Nc1cccc(OC(F)(F)F)c1. The van der Waals surface area contributed by atoms with Gasteiger partial charge in [-0.2, -0.15) is 0 Å². The van der Waals surface area contributed by atoms with Crippen molar-refractivity contribution in [2.45, 2.75) is 18.7 Å². The average Bonchev–Trinajstić information content (AvgIpc) is 2.96. The third-order valence-corrected chi connectivity index (χ3v) is 5.61. The molecule has 4 aromatic rings. The van der Waals surface area contributed by atoms with Crippen molar-refractivity contribution < 1.29 is 32.2 Å². The molecule has 0 spiro atoms. The maximum atomic E-state index is 11.6. The molecule has 218 valence electrons. The summed E-state index contributed by atoms with van der Waals surface area (Å²) < 4.78 is 48.3. The van der Waals surface area contributed by atoms with Crippen LogP contribution in [0.4, 0.5) is 24.5 Å². The number of benzene rings is 4. The third-order valence-electron chi connectivity index (χ3n) is 5.10. The summed E-state index contributed by atoms with van der Waals surface area (Å²) in [5.41, 5.74) is 8.68. The van der Waals surface area contributed by atoms with Gasteiger partial charge in [0.05, 0.1) is 12.5 Å². The Balaban J connectivity index is 0.000000218. The molecule has 0 aliphatic carbocycles. The van der Waals surface area contributed by atoms with E-state index in [2.05, 4.69) is 10.1 Å². The molecule has 0 saturated heterocycles. The van der Waals surface area contributed by atoms with Crippen LogP contribution in [0, 0.1) is 0 Å². The molecule has 1 atom stereocenters. The topological polar surface area (TPSA) is 82.8 Å². The summed E-state index contributed by atoms with van der Waals surface area (Å²) in [6.07, 6.45) is -4.66. The summed E-state index contributed by atoms with van der Waals surface area (Å²) in [6.45, 7) is 2.45. The quantitative estimate of drug-likeness (QED) is 0.0944. The summed E-state index contributed by atoms with van der Waals surface area (Å²) in [4.78, 5) is 10.4. The van der Waals surface area contributed by atoms with E-state index in [1.165, 1.54) is 25.1 Å². The van der Waals surface area contributed by atoms with E-state index in [9.17, 15) is 18.0 Å². The molecule has 4 rings (SSSR count). The molecule has 0 aromatic heterocycles. The second kappa shape index (κ2) is 17.3. The summed E-state index contributed by atoms with van der Waals surface area (Å²) in [7, 11) is 1.66. The van der Waals surface area contributed by atoms with Crippen molar-refractivity contribution in [3.63, 3.8) is 0 Å². The van der Waals surface area contributed by atoms with Gasteiger partial charge in [0.25, 0.3) is 0 Å². The average molecular weight is 589 g/mol. The molecule has 0 heterocycles. The minimum Gasteiger partial charge on any atom is -0.497 e. The molecule has 0 fully saturated rings. The fourth-order valence-electron chi connectivity index (χ4n) is 3.25. The second-order valence-corrected chi connectivity index (χ2v) is 8.74. The molecule has 0 saturated carbocycles. The van der Waals surface area contributed by atoms with Crippen LogP contribution in [0.1, 0.15) is 23.4 Å². The maximum absolute atomic E-state index is 11.6. The Bertz CT molecular complexity index is 1290. The highest BCUT2D eigenvalue weighted by Gasteiger charge is 2.31. The Kier molecular flexibility index (Phi) is 13.9. The highest BCUT2D eigenvalue weighted by molar-refractivity contribution is 6.22. The van der Waals surface area contributed by atoms with Crippen molar-refractivity contribution >= 4 is 28.9 Å². The van der Waals surface area contributed by atoms with Crippen LogP contribution in [0.25, 0.3) is 0 Å². The summed E-state index contributed by atoms with van der Waals surface area (Å²) in [5, 5.41) is 3.02. The van der Waals surface area contributed by atoms with E-state index in [-0.39, 0.29) is 22.8 Å². The smallest absolute Gasteiger partial charge is 0.497 e. The third kappa shape index (κ3) is 14.0. The van der Waals surface area contributed by atoms with Crippen LogP contribution in [0.2, 0.25) is 0 Å². The Morgan fingerprint density at radius 3 is 1.98 bits per heavy atom.